The third kappa shape index (κ3) is 3.68. The lowest BCUT2D eigenvalue weighted by Gasteiger charge is -2.32. The largest absolute Gasteiger partial charge is 0.337 e. The molecule has 1 aromatic carbocycles. The molecule has 1 saturated carbocycles. The smallest absolute Gasteiger partial charge is 0.239 e. The van der Waals surface area contributed by atoms with Crippen molar-refractivity contribution >= 4 is 5.91 Å². The lowest BCUT2D eigenvalue weighted by Crippen LogP contribution is -2.49. The summed E-state index contributed by atoms with van der Waals surface area (Å²) in [4.78, 5) is 16.9. The average molecular weight is 301 g/mol. The Kier molecular flexibility index (Phi) is 4.79. The molecular weight excluding hydrogens is 274 g/mol. The molecular formula is C18H27N3O. The maximum Gasteiger partial charge on any atom is 0.239 e. The van der Waals surface area contributed by atoms with E-state index in [1.807, 2.05) is 0 Å². The van der Waals surface area contributed by atoms with E-state index in [1.54, 1.807) is 6.92 Å². The normalized spacial score (nSPS) is 23.5. The molecule has 1 aromatic rings. The topological polar surface area (TPSA) is 49.6 Å². The summed E-state index contributed by atoms with van der Waals surface area (Å²) >= 11 is 0. The van der Waals surface area contributed by atoms with E-state index in [0.717, 1.165) is 32.5 Å². The van der Waals surface area contributed by atoms with Gasteiger partial charge in [-0.1, -0.05) is 30.3 Å². The van der Waals surface area contributed by atoms with Crippen LogP contribution in [0.25, 0.3) is 0 Å². The van der Waals surface area contributed by atoms with Crippen molar-refractivity contribution in [2.24, 2.45) is 5.73 Å². The van der Waals surface area contributed by atoms with Gasteiger partial charge in [0.1, 0.15) is 0 Å². The molecule has 1 amide bonds. The van der Waals surface area contributed by atoms with Gasteiger partial charge in [0.25, 0.3) is 0 Å². The second-order valence-corrected chi connectivity index (χ2v) is 6.76. The molecule has 2 atom stereocenters. The van der Waals surface area contributed by atoms with Crippen LogP contribution in [0.4, 0.5) is 0 Å². The van der Waals surface area contributed by atoms with Gasteiger partial charge < -0.3 is 10.6 Å². The maximum absolute atomic E-state index is 12.4. The van der Waals surface area contributed by atoms with Crippen LogP contribution in [0.1, 0.15) is 38.2 Å². The van der Waals surface area contributed by atoms with Crippen LogP contribution in [-0.4, -0.2) is 46.9 Å². The molecule has 0 aromatic heterocycles. The van der Waals surface area contributed by atoms with Gasteiger partial charge in [-0.25, -0.2) is 0 Å². The zero-order valence-corrected chi connectivity index (χ0v) is 13.4. The molecule has 2 fully saturated rings. The summed E-state index contributed by atoms with van der Waals surface area (Å²) in [5, 5.41) is 0. The number of rotatable bonds is 6. The van der Waals surface area contributed by atoms with Crippen molar-refractivity contribution in [3.05, 3.63) is 35.9 Å². The van der Waals surface area contributed by atoms with Gasteiger partial charge in [0.2, 0.25) is 5.91 Å². The second kappa shape index (κ2) is 6.80. The number of carbonyl (C=O) groups is 1. The standard InChI is InChI=1S/C18H27N3O/c1-14(19)18(22)21(16-9-10-16)13-17-8-5-11-20(17)12-15-6-3-2-4-7-15/h2-4,6-7,14,16-17H,5,8-13,19H2,1H3/t14-,17+/m0/s1. The van der Waals surface area contributed by atoms with Crippen LogP contribution in [0.15, 0.2) is 30.3 Å². The molecule has 0 unspecified atom stereocenters. The Bertz CT molecular complexity index is 498. The minimum absolute atomic E-state index is 0.120. The summed E-state index contributed by atoms with van der Waals surface area (Å²) in [5.74, 6) is 0.120. The molecule has 0 spiro atoms. The molecule has 2 N–H and O–H groups in total. The average Bonchev–Trinajstić information content (AvgIpc) is 3.27. The third-order valence-electron chi connectivity index (χ3n) is 4.80. The van der Waals surface area contributed by atoms with E-state index < -0.39 is 0 Å². The van der Waals surface area contributed by atoms with Gasteiger partial charge in [-0.05, 0) is 44.7 Å². The van der Waals surface area contributed by atoms with Gasteiger partial charge in [-0.2, -0.15) is 0 Å². The fourth-order valence-corrected chi connectivity index (χ4v) is 3.42. The number of benzene rings is 1. The number of nitrogens with two attached hydrogens (primary N) is 1. The Hall–Kier alpha value is -1.39. The van der Waals surface area contributed by atoms with Gasteiger partial charge in [0.05, 0.1) is 6.04 Å². The van der Waals surface area contributed by atoms with E-state index in [2.05, 4.69) is 40.1 Å². The Morgan fingerprint density at radius 3 is 2.68 bits per heavy atom. The van der Waals surface area contributed by atoms with Gasteiger partial charge in [0.15, 0.2) is 0 Å². The minimum atomic E-state index is -0.385. The van der Waals surface area contributed by atoms with E-state index >= 15 is 0 Å². The van der Waals surface area contributed by atoms with Crippen LogP contribution >= 0.6 is 0 Å². The molecule has 3 rings (SSSR count). The summed E-state index contributed by atoms with van der Waals surface area (Å²) in [6.07, 6.45) is 4.69. The second-order valence-electron chi connectivity index (χ2n) is 6.76. The number of hydrogen-bond acceptors (Lipinski definition) is 3. The molecule has 1 aliphatic carbocycles. The number of amides is 1. The highest BCUT2D eigenvalue weighted by Gasteiger charge is 2.37. The highest BCUT2D eigenvalue weighted by Crippen LogP contribution is 2.30. The number of hydrogen-bond donors (Lipinski definition) is 1. The summed E-state index contributed by atoms with van der Waals surface area (Å²) in [5.41, 5.74) is 7.18. The Morgan fingerprint density at radius 1 is 1.32 bits per heavy atom. The SMILES string of the molecule is C[C@H](N)C(=O)N(C[C@H]1CCCN1Cc1ccccc1)C1CC1. The molecule has 0 bridgehead atoms. The van der Waals surface area contributed by atoms with E-state index in [4.69, 9.17) is 5.73 Å². The fraction of sp³-hybridized carbons (Fsp3) is 0.611. The van der Waals surface area contributed by atoms with E-state index in [9.17, 15) is 4.79 Å². The third-order valence-corrected chi connectivity index (χ3v) is 4.80. The zero-order valence-electron chi connectivity index (χ0n) is 13.4. The first-order valence-electron chi connectivity index (χ1n) is 8.49. The van der Waals surface area contributed by atoms with Crippen molar-refractivity contribution in [1.82, 2.24) is 9.80 Å². The van der Waals surface area contributed by atoms with Gasteiger partial charge in [-0.3, -0.25) is 9.69 Å². The van der Waals surface area contributed by atoms with Crippen molar-refractivity contribution in [3.8, 4) is 0 Å². The van der Waals surface area contributed by atoms with Gasteiger partial charge in [-0.15, -0.1) is 0 Å². The van der Waals surface area contributed by atoms with Crippen LogP contribution in [0.5, 0.6) is 0 Å². The van der Waals surface area contributed by atoms with Crippen LogP contribution < -0.4 is 5.73 Å². The first-order valence-corrected chi connectivity index (χ1v) is 8.49. The van der Waals surface area contributed by atoms with Crippen molar-refractivity contribution < 1.29 is 4.79 Å². The highest BCUT2D eigenvalue weighted by atomic mass is 16.2. The van der Waals surface area contributed by atoms with Crippen LogP contribution in [-0.2, 0) is 11.3 Å². The lowest BCUT2D eigenvalue weighted by atomic mass is 10.1. The number of carbonyl (C=O) groups excluding carboxylic acids is 1. The monoisotopic (exact) mass is 301 g/mol. The lowest BCUT2D eigenvalue weighted by molar-refractivity contribution is -0.133. The first-order chi connectivity index (χ1) is 10.6. The van der Waals surface area contributed by atoms with Crippen LogP contribution in [0.3, 0.4) is 0 Å². The summed E-state index contributed by atoms with van der Waals surface area (Å²) in [7, 11) is 0. The van der Waals surface area contributed by atoms with Gasteiger partial charge >= 0.3 is 0 Å². The molecule has 120 valence electrons. The number of likely N-dealkylation sites (tertiary alicyclic amines) is 1. The minimum Gasteiger partial charge on any atom is -0.337 e. The summed E-state index contributed by atoms with van der Waals surface area (Å²) in [6, 6.07) is 11.1. The Morgan fingerprint density at radius 2 is 2.05 bits per heavy atom. The highest BCUT2D eigenvalue weighted by molar-refractivity contribution is 5.81. The van der Waals surface area contributed by atoms with Gasteiger partial charge in [0, 0.05) is 25.2 Å². The number of nitrogens with zero attached hydrogens (tertiary/aromatic N) is 2. The first kappa shape index (κ1) is 15.5. The predicted octanol–water partition coefficient (Wildman–Crippen LogP) is 1.99. The van der Waals surface area contributed by atoms with E-state index in [0.29, 0.717) is 12.1 Å². The van der Waals surface area contributed by atoms with E-state index in [-0.39, 0.29) is 11.9 Å². The van der Waals surface area contributed by atoms with E-state index in [1.165, 1.54) is 18.4 Å². The fourth-order valence-electron chi connectivity index (χ4n) is 3.42. The molecule has 1 heterocycles. The molecule has 2 aliphatic rings. The maximum atomic E-state index is 12.4. The Labute approximate surface area is 133 Å². The Balaban J connectivity index is 1.63. The van der Waals surface area contributed by atoms with Crippen LogP contribution in [0, 0.1) is 0 Å². The van der Waals surface area contributed by atoms with Crippen LogP contribution in [0.2, 0.25) is 0 Å². The van der Waals surface area contributed by atoms with Crippen molar-refractivity contribution in [1.29, 1.82) is 0 Å². The van der Waals surface area contributed by atoms with Crippen molar-refractivity contribution in [2.45, 2.75) is 57.3 Å². The summed E-state index contributed by atoms with van der Waals surface area (Å²) in [6.45, 7) is 4.76. The molecule has 22 heavy (non-hydrogen) atoms. The zero-order chi connectivity index (χ0) is 15.5. The molecule has 4 nitrogen and oxygen atoms in total. The molecule has 1 aliphatic heterocycles. The predicted molar refractivity (Wildman–Crippen MR) is 88.3 cm³/mol. The quantitative estimate of drug-likeness (QED) is 0.874. The van der Waals surface area contributed by atoms with Crippen molar-refractivity contribution in [3.63, 3.8) is 0 Å². The summed E-state index contributed by atoms with van der Waals surface area (Å²) < 4.78 is 0. The van der Waals surface area contributed by atoms with Crippen molar-refractivity contribution in [2.75, 3.05) is 13.1 Å². The molecule has 1 saturated heterocycles. The molecule has 4 heteroatoms. The molecule has 0 radical (unpaired) electrons.